The molecule has 0 unspecified atom stereocenters. The molecule has 0 N–H and O–H groups in total. The van der Waals surface area contributed by atoms with Crippen LogP contribution in [0, 0.1) is 0 Å². The van der Waals surface area contributed by atoms with Crippen LogP contribution in [-0.4, -0.2) is 5.24 Å². The van der Waals surface area contributed by atoms with Gasteiger partial charge in [0.1, 0.15) is 23.9 Å². The lowest BCUT2D eigenvalue weighted by atomic mass is 10.2. The average Bonchev–Trinajstić information content (AvgIpc) is 2.62. The molecule has 4 heteroatoms. The van der Waals surface area contributed by atoms with Crippen molar-refractivity contribution < 1.29 is 14.3 Å². The number of rotatable bonds is 6. The van der Waals surface area contributed by atoms with E-state index in [1.807, 2.05) is 54.6 Å². The fourth-order valence-electron chi connectivity index (χ4n) is 2.13. The van der Waals surface area contributed by atoms with Crippen LogP contribution in [0.4, 0.5) is 0 Å². The molecule has 120 valence electrons. The number of ether oxygens (including phenoxy) is 2. The van der Waals surface area contributed by atoms with Gasteiger partial charge in [-0.05, 0) is 65.7 Å². The first kappa shape index (κ1) is 16.1. The van der Waals surface area contributed by atoms with Gasteiger partial charge in [0.05, 0.1) is 0 Å². The maximum Gasteiger partial charge on any atom is 0.252 e. The smallest absolute Gasteiger partial charge is 0.252 e. The van der Waals surface area contributed by atoms with Crippen LogP contribution in [-0.2, 0) is 6.61 Å². The summed E-state index contributed by atoms with van der Waals surface area (Å²) >= 11 is 5.41. The van der Waals surface area contributed by atoms with E-state index in [2.05, 4.69) is 0 Å². The number of hydrogen-bond acceptors (Lipinski definition) is 3. The predicted octanol–water partition coefficient (Wildman–Crippen LogP) is 5.44. The molecule has 0 fully saturated rings. The summed E-state index contributed by atoms with van der Waals surface area (Å²) < 4.78 is 11.5. The lowest BCUT2D eigenvalue weighted by Gasteiger charge is -2.09. The molecule has 3 nitrogen and oxygen atoms in total. The number of carbonyl (C=O) groups is 1. The molecule has 24 heavy (non-hydrogen) atoms. The molecule has 0 aliphatic heterocycles. The molecule has 0 aliphatic rings. The first-order chi connectivity index (χ1) is 11.7. The largest absolute Gasteiger partial charge is 0.489 e. The predicted molar refractivity (Wildman–Crippen MR) is 93.9 cm³/mol. The molecular formula is C20H15ClO3. The van der Waals surface area contributed by atoms with Crippen LogP contribution in [0.3, 0.4) is 0 Å². The van der Waals surface area contributed by atoms with Gasteiger partial charge in [-0.1, -0.05) is 30.3 Å². The van der Waals surface area contributed by atoms with E-state index < -0.39 is 5.24 Å². The van der Waals surface area contributed by atoms with Gasteiger partial charge < -0.3 is 9.47 Å². The van der Waals surface area contributed by atoms with Gasteiger partial charge in [-0.15, -0.1) is 0 Å². The second-order valence-corrected chi connectivity index (χ2v) is 5.49. The van der Waals surface area contributed by atoms with Gasteiger partial charge in [-0.25, -0.2) is 0 Å². The molecule has 0 amide bonds. The Balaban J connectivity index is 1.59. The van der Waals surface area contributed by atoms with Crippen molar-refractivity contribution in [3.63, 3.8) is 0 Å². The summed E-state index contributed by atoms with van der Waals surface area (Å²) in [6, 6.07) is 24.0. The highest BCUT2D eigenvalue weighted by Gasteiger charge is 2.03. The minimum atomic E-state index is -0.485. The maximum atomic E-state index is 11.0. The van der Waals surface area contributed by atoms with Gasteiger partial charge in [-0.2, -0.15) is 0 Å². The minimum Gasteiger partial charge on any atom is -0.489 e. The zero-order valence-corrected chi connectivity index (χ0v) is 13.6. The number of halogens is 1. The van der Waals surface area contributed by atoms with Gasteiger partial charge in [-0.3, -0.25) is 4.79 Å². The van der Waals surface area contributed by atoms with Gasteiger partial charge in [0.2, 0.25) is 0 Å². The summed E-state index contributed by atoms with van der Waals surface area (Å²) in [5.41, 5.74) is 1.56. The van der Waals surface area contributed by atoms with Crippen molar-refractivity contribution in [2.75, 3.05) is 0 Å². The lowest BCUT2D eigenvalue weighted by Crippen LogP contribution is -1.94. The average molecular weight is 339 g/mol. The van der Waals surface area contributed by atoms with Crippen molar-refractivity contribution in [3.8, 4) is 17.2 Å². The molecule has 0 aromatic heterocycles. The molecule has 0 atom stereocenters. The standard InChI is InChI=1S/C20H15ClO3/c21-20(22)16-6-8-18(9-7-16)24-19-12-10-17(11-13-19)23-14-15-4-2-1-3-5-15/h1-13H,14H2. The maximum absolute atomic E-state index is 11.0. The Morgan fingerprint density at radius 3 is 1.88 bits per heavy atom. The van der Waals surface area contributed by atoms with E-state index in [1.54, 1.807) is 24.3 Å². The summed E-state index contributed by atoms with van der Waals surface area (Å²) in [7, 11) is 0. The Hall–Kier alpha value is -2.78. The van der Waals surface area contributed by atoms with E-state index in [0.717, 1.165) is 11.3 Å². The van der Waals surface area contributed by atoms with E-state index >= 15 is 0 Å². The molecule has 3 aromatic carbocycles. The van der Waals surface area contributed by atoms with Crippen molar-refractivity contribution >= 4 is 16.8 Å². The Bertz CT molecular complexity index is 797. The second kappa shape index (κ2) is 7.66. The van der Waals surface area contributed by atoms with E-state index in [0.29, 0.717) is 23.7 Å². The first-order valence-electron chi connectivity index (χ1n) is 7.45. The Morgan fingerprint density at radius 1 is 0.750 bits per heavy atom. The quantitative estimate of drug-likeness (QED) is 0.562. The minimum absolute atomic E-state index is 0.439. The number of carbonyl (C=O) groups excluding carboxylic acids is 1. The van der Waals surface area contributed by atoms with E-state index in [-0.39, 0.29) is 0 Å². The van der Waals surface area contributed by atoms with Crippen LogP contribution < -0.4 is 9.47 Å². The van der Waals surface area contributed by atoms with Crippen LogP contribution in [0.1, 0.15) is 15.9 Å². The summed E-state index contributed by atoms with van der Waals surface area (Å²) in [6.45, 7) is 0.523. The summed E-state index contributed by atoms with van der Waals surface area (Å²) in [4.78, 5) is 11.0. The van der Waals surface area contributed by atoms with Crippen molar-refractivity contribution in [2.24, 2.45) is 0 Å². The third-order valence-corrected chi connectivity index (χ3v) is 3.61. The Kier molecular flexibility index (Phi) is 5.14. The summed E-state index contributed by atoms with van der Waals surface area (Å²) in [5, 5.41) is -0.485. The highest BCUT2D eigenvalue weighted by atomic mass is 35.5. The molecular weight excluding hydrogens is 324 g/mol. The fourth-order valence-corrected chi connectivity index (χ4v) is 2.26. The van der Waals surface area contributed by atoms with Crippen LogP contribution in [0.15, 0.2) is 78.9 Å². The zero-order chi connectivity index (χ0) is 16.8. The van der Waals surface area contributed by atoms with Gasteiger partial charge in [0.15, 0.2) is 0 Å². The van der Waals surface area contributed by atoms with Crippen LogP contribution in [0.25, 0.3) is 0 Å². The number of hydrogen-bond donors (Lipinski definition) is 0. The summed E-state index contributed by atoms with van der Waals surface area (Å²) in [5.74, 6) is 2.09. The molecule has 0 aliphatic carbocycles. The third kappa shape index (κ3) is 4.37. The monoisotopic (exact) mass is 338 g/mol. The highest BCUT2D eigenvalue weighted by Crippen LogP contribution is 2.24. The third-order valence-electron chi connectivity index (χ3n) is 3.39. The van der Waals surface area contributed by atoms with Crippen molar-refractivity contribution in [1.29, 1.82) is 0 Å². The van der Waals surface area contributed by atoms with Crippen molar-refractivity contribution in [1.82, 2.24) is 0 Å². The van der Waals surface area contributed by atoms with E-state index in [4.69, 9.17) is 21.1 Å². The molecule has 0 heterocycles. The topological polar surface area (TPSA) is 35.5 Å². The van der Waals surface area contributed by atoms with Gasteiger partial charge in [0, 0.05) is 5.56 Å². The number of benzene rings is 3. The van der Waals surface area contributed by atoms with Crippen molar-refractivity contribution in [2.45, 2.75) is 6.61 Å². The Morgan fingerprint density at radius 2 is 1.29 bits per heavy atom. The zero-order valence-electron chi connectivity index (χ0n) is 12.8. The summed E-state index contributed by atoms with van der Waals surface area (Å²) in [6.07, 6.45) is 0. The molecule has 0 saturated heterocycles. The molecule has 0 saturated carbocycles. The van der Waals surface area contributed by atoms with E-state index in [1.165, 1.54) is 0 Å². The van der Waals surface area contributed by atoms with E-state index in [9.17, 15) is 4.79 Å². The normalized spacial score (nSPS) is 10.2. The van der Waals surface area contributed by atoms with Crippen LogP contribution in [0.2, 0.25) is 0 Å². The fraction of sp³-hybridized carbons (Fsp3) is 0.0500. The van der Waals surface area contributed by atoms with Crippen LogP contribution >= 0.6 is 11.6 Å². The second-order valence-electron chi connectivity index (χ2n) is 5.15. The highest BCUT2D eigenvalue weighted by molar-refractivity contribution is 6.67. The lowest BCUT2D eigenvalue weighted by molar-refractivity contribution is 0.108. The molecule has 3 rings (SSSR count). The van der Waals surface area contributed by atoms with Gasteiger partial charge in [0.25, 0.3) is 5.24 Å². The molecule has 0 bridgehead atoms. The first-order valence-corrected chi connectivity index (χ1v) is 7.83. The van der Waals surface area contributed by atoms with Crippen LogP contribution in [0.5, 0.6) is 17.2 Å². The van der Waals surface area contributed by atoms with Gasteiger partial charge >= 0.3 is 0 Å². The molecule has 3 aromatic rings. The SMILES string of the molecule is O=C(Cl)c1ccc(Oc2ccc(OCc3ccccc3)cc2)cc1. The molecule has 0 radical (unpaired) electrons. The van der Waals surface area contributed by atoms with Crippen molar-refractivity contribution in [3.05, 3.63) is 90.0 Å². The molecule has 0 spiro atoms. The Labute approximate surface area is 145 Å².